The van der Waals surface area contributed by atoms with E-state index in [1.165, 1.54) is 0 Å². The lowest BCUT2D eigenvalue weighted by atomic mass is 10.1. The summed E-state index contributed by atoms with van der Waals surface area (Å²) in [4.78, 5) is 8.66. The fourth-order valence-electron chi connectivity index (χ4n) is 1.67. The molecule has 1 aromatic rings. The molecule has 108 valence electrons. The zero-order chi connectivity index (χ0) is 14.1. The average molecular weight is 268 g/mol. The van der Waals surface area contributed by atoms with Crippen LogP contribution in [0.2, 0.25) is 0 Å². The number of rotatable bonds is 9. The van der Waals surface area contributed by atoms with E-state index in [0.29, 0.717) is 18.3 Å². The van der Waals surface area contributed by atoms with Gasteiger partial charge >= 0.3 is 0 Å². The first-order valence-electron chi connectivity index (χ1n) is 6.59. The van der Waals surface area contributed by atoms with Gasteiger partial charge < -0.3 is 20.5 Å². The van der Waals surface area contributed by atoms with Gasteiger partial charge in [-0.25, -0.2) is 9.97 Å². The number of aliphatic hydroxyl groups is 1. The van der Waals surface area contributed by atoms with Crippen molar-refractivity contribution in [1.29, 1.82) is 0 Å². The maximum atomic E-state index is 8.95. The first-order valence-corrected chi connectivity index (χ1v) is 6.59. The van der Waals surface area contributed by atoms with E-state index in [4.69, 9.17) is 9.84 Å². The summed E-state index contributed by atoms with van der Waals surface area (Å²) in [5, 5.41) is 15.2. The highest BCUT2D eigenvalue weighted by molar-refractivity contribution is 5.47. The van der Waals surface area contributed by atoms with Gasteiger partial charge in [-0.15, -0.1) is 0 Å². The molecule has 0 saturated carbocycles. The SMILES string of the molecule is CNc1cc(NCCCC(C)CO)nc(COC)n1. The molecule has 1 heterocycles. The number of aromatic nitrogens is 2. The second-order valence-corrected chi connectivity index (χ2v) is 4.59. The number of anilines is 2. The monoisotopic (exact) mass is 268 g/mol. The molecule has 0 saturated heterocycles. The summed E-state index contributed by atoms with van der Waals surface area (Å²) < 4.78 is 5.05. The van der Waals surface area contributed by atoms with Crippen molar-refractivity contribution in [3.8, 4) is 0 Å². The molecular weight excluding hydrogens is 244 g/mol. The molecule has 6 nitrogen and oxygen atoms in total. The normalized spacial score (nSPS) is 12.2. The van der Waals surface area contributed by atoms with Gasteiger partial charge in [0.05, 0.1) is 0 Å². The number of nitrogens with one attached hydrogen (secondary N) is 2. The molecule has 0 aliphatic carbocycles. The number of hydrogen-bond acceptors (Lipinski definition) is 6. The minimum absolute atomic E-state index is 0.245. The Kier molecular flexibility index (Phi) is 7.14. The minimum Gasteiger partial charge on any atom is -0.396 e. The molecule has 1 unspecified atom stereocenters. The molecule has 1 aromatic heterocycles. The molecule has 6 heteroatoms. The van der Waals surface area contributed by atoms with Gasteiger partial charge in [0.2, 0.25) is 0 Å². The molecule has 19 heavy (non-hydrogen) atoms. The van der Waals surface area contributed by atoms with E-state index in [1.807, 2.05) is 20.0 Å². The van der Waals surface area contributed by atoms with Crippen molar-refractivity contribution in [3.63, 3.8) is 0 Å². The lowest BCUT2D eigenvalue weighted by molar-refractivity contribution is 0.178. The van der Waals surface area contributed by atoms with Crippen molar-refractivity contribution in [3.05, 3.63) is 11.9 Å². The van der Waals surface area contributed by atoms with Crippen LogP contribution in [0.3, 0.4) is 0 Å². The molecule has 3 N–H and O–H groups in total. The van der Waals surface area contributed by atoms with Crippen LogP contribution in [0.1, 0.15) is 25.6 Å². The Bertz CT molecular complexity index is 374. The minimum atomic E-state index is 0.245. The van der Waals surface area contributed by atoms with Crippen molar-refractivity contribution in [2.24, 2.45) is 5.92 Å². The van der Waals surface area contributed by atoms with E-state index in [9.17, 15) is 0 Å². The number of nitrogens with zero attached hydrogens (tertiary/aromatic N) is 2. The Morgan fingerprint density at radius 2 is 2.11 bits per heavy atom. The van der Waals surface area contributed by atoms with Crippen LogP contribution in [-0.4, -0.2) is 42.4 Å². The number of ether oxygens (including phenoxy) is 1. The molecule has 0 spiro atoms. The van der Waals surface area contributed by atoms with E-state index < -0.39 is 0 Å². The molecule has 0 radical (unpaired) electrons. The Balaban J connectivity index is 2.49. The largest absolute Gasteiger partial charge is 0.396 e. The van der Waals surface area contributed by atoms with Gasteiger partial charge in [-0.05, 0) is 18.8 Å². The summed E-state index contributed by atoms with van der Waals surface area (Å²) in [7, 11) is 3.45. The number of hydrogen-bond donors (Lipinski definition) is 3. The molecule has 0 bridgehead atoms. The first kappa shape index (κ1) is 15.7. The molecule has 0 aromatic carbocycles. The lowest BCUT2D eigenvalue weighted by Gasteiger charge is -2.11. The van der Waals surface area contributed by atoms with Crippen LogP contribution in [0.15, 0.2) is 6.07 Å². The van der Waals surface area contributed by atoms with Crippen molar-refractivity contribution >= 4 is 11.6 Å². The summed E-state index contributed by atoms with van der Waals surface area (Å²) in [6.07, 6.45) is 2.00. The summed E-state index contributed by atoms with van der Waals surface area (Å²) in [5.41, 5.74) is 0. The van der Waals surface area contributed by atoms with E-state index in [2.05, 4.69) is 20.6 Å². The highest BCUT2D eigenvalue weighted by atomic mass is 16.5. The maximum Gasteiger partial charge on any atom is 0.158 e. The van der Waals surface area contributed by atoms with Crippen molar-refractivity contribution in [2.75, 3.05) is 37.9 Å². The van der Waals surface area contributed by atoms with Crippen LogP contribution in [0.25, 0.3) is 0 Å². The van der Waals surface area contributed by atoms with Crippen LogP contribution in [0.4, 0.5) is 11.6 Å². The topological polar surface area (TPSA) is 79.3 Å². The highest BCUT2D eigenvalue weighted by Gasteiger charge is 2.04. The van der Waals surface area contributed by atoms with Crippen LogP contribution in [-0.2, 0) is 11.3 Å². The van der Waals surface area contributed by atoms with Gasteiger partial charge in [0.15, 0.2) is 5.82 Å². The Morgan fingerprint density at radius 1 is 1.37 bits per heavy atom. The van der Waals surface area contributed by atoms with Gasteiger partial charge in [-0.1, -0.05) is 6.92 Å². The van der Waals surface area contributed by atoms with Gasteiger partial charge in [-0.2, -0.15) is 0 Å². The smallest absolute Gasteiger partial charge is 0.158 e. The van der Waals surface area contributed by atoms with Gasteiger partial charge in [0, 0.05) is 33.4 Å². The van der Waals surface area contributed by atoms with Crippen LogP contribution in [0.5, 0.6) is 0 Å². The Morgan fingerprint density at radius 3 is 2.74 bits per heavy atom. The summed E-state index contributed by atoms with van der Waals surface area (Å²) in [6, 6.07) is 1.87. The van der Waals surface area contributed by atoms with Gasteiger partial charge in [0.25, 0.3) is 0 Å². The molecule has 0 aliphatic rings. The van der Waals surface area contributed by atoms with E-state index >= 15 is 0 Å². The lowest BCUT2D eigenvalue weighted by Crippen LogP contribution is -2.10. The standard InChI is InChI=1S/C13H24N4O2/c1-10(8-18)5-4-6-15-12-7-11(14-2)16-13(17-12)9-19-3/h7,10,18H,4-6,8-9H2,1-3H3,(H2,14,15,16,17). The number of methoxy groups -OCH3 is 1. The van der Waals surface area contributed by atoms with Crippen LogP contribution < -0.4 is 10.6 Å². The number of aliphatic hydroxyl groups excluding tert-OH is 1. The van der Waals surface area contributed by atoms with Crippen molar-refractivity contribution in [2.45, 2.75) is 26.4 Å². The summed E-state index contributed by atoms with van der Waals surface area (Å²) in [6.45, 7) is 3.51. The maximum absolute atomic E-state index is 8.95. The van der Waals surface area contributed by atoms with E-state index in [1.54, 1.807) is 7.11 Å². The summed E-state index contributed by atoms with van der Waals surface area (Å²) in [5.74, 6) is 2.57. The second kappa shape index (κ2) is 8.66. The van der Waals surface area contributed by atoms with E-state index in [-0.39, 0.29) is 6.61 Å². The molecule has 1 atom stereocenters. The predicted octanol–water partition coefficient (Wildman–Crippen LogP) is 1.49. The fourth-order valence-corrected chi connectivity index (χ4v) is 1.67. The predicted molar refractivity (Wildman–Crippen MR) is 76.3 cm³/mol. The van der Waals surface area contributed by atoms with Crippen molar-refractivity contribution in [1.82, 2.24) is 9.97 Å². The molecule has 0 aliphatic heterocycles. The zero-order valence-electron chi connectivity index (χ0n) is 11.9. The van der Waals surface area contributed by atoms with Crippen molar-refractivity contribution < 1.29 is 9.84 Å². The third-order valence-corrected chi connectivity index (χ3v) is 2.79. The average Bonchev–Trinajstić information content (AvgIpc) is 2.43. The quantitative estimate of drug-likeness (QED) is 0.589. The molecular formula is C13H24N4O2. The van der Waals surface area contributed by atoms with Crippen LogP contribution in [0, 0.1) is 5.92 Å². The second-order valence-electron chi connectivity index (χ2n) is 4.59. The molecule has 0 fully saturated rings. The summed E-state index contributed by atoms with van der Waals surface area (Å²) >= 11 is 0. The van der Waals surface area contributed by atoms with Gasteiger partial charge in [0.1, 0.15) is 18.2 Å². The van der Waals surface area contributed by atoms with Crippen LogP contribution >= 0.6 is 0 Å². The fraction of sp³-hybridized carbons (Fsp3) is 0.692. The van der Waals surface area contributed by atoms with E-state index in [0.717, 1.165) is 31.0 Å². The third kappa shape index (κ3) is 5.85. The zero-order valence-corrected chi connectivity index (χ0v) is 11.9. The third-order valence-electron chi connectivity index (χ3n) is 2.79. The highest BCUT2D eigenvalue weighted by Crippen LogP contribution is 2.12. The molecule has 1 rings (SSSR count). The Labute approximate surface area is 114 Å². The van der Waals surface area contributed by atoms with Gasteiger partial charge in [-0.3, -0.25) is 0 Å². The Hall–Kier alpha value is -1.40. The first-order chi connectivity index (χ1) is 9.19. The molecule has 0 amide bonds.